The summed E-state index contributed by atoms with van der Waals surface area (Å²) in [6.07, 6.45) is 0. The molecule has 72 heavy (non-hydrogen) atoms. The van der Waals surface area contributed by atoms with Crippen LogP contribution in [0.5, 0.6) is 11.5 Å². The molecule has 0 fully saturated rings. The predicted octanol–water partition coefficient (Wildman–Crippen LogP) is 16.8. The minimum atomic E-state index is -0.639. The zero-order chi connectivity index (χ0) is 47.7. The molecule has 1 spiro atoms. The Balaban J connectivity index is 0.934. The second-order valence-electron chi connectivity index (χ2n) is 19.8. The first-order valence-corrected chi connectivity index (χ1v) is 24.8. The molecule has 0 amide bonds. The molecule has 10 aromatic carbocycles. The van der Waals surface area contributed by atoms with Crippen LogP contribution in [0, 0.1) is 0 Å². The average Bonchev–Trinajstić information content (AvgIpc) is 4.01. The van der Waals surface area contributed by atoms with Gasteiger partial charge in [-0.25, -0.2) is 15.0 Å². The van der Waals surface area contributed by atoms with Crippen molar-refractivity contribution in [1.29, 1.82) is 0 Å². The van der Waals surface area contributed by atoms with Gasteiger partial charge < -0.3 is 9.64 Å². The lowest BCUT2D eigenvalue weighted by molar-refractivity contribution is 0.478. The van der Waals surface area contributed by atoms with Crippen molar-refractivity contribution >= 4 is 17.1 Å². The number of anilines is 3. The second-order valence-corrected chi connectivity index (χ2v) is 19.8. The maximum atomic E-state index is 7.27. The Hall–Kier alpha value is -9.19. The van der Waals surface area contributed by atoms with Crippen LogP contribution in [0.3, 0.4) is 0 Å². The lowest BCUT2D eigenvalue weighted by Crippen LogP contribution is -2.26. The Morgan fingerprint density at radius 3 is 1.60 bits per heavy atom. The molecular weight excluding hydrogens is 877 g/mol. The normalized spacial score (nSPS) is 15.6. The molecule has 11 aromatic rings. The van der Waals surface area contributed by atoms with Gasteiger partial charge in [0.1, 0.15) is 0 Å². The Bertz CT molecular complexity index is 4010. The fraction of sp³-hybridized carbons (Fsp3) is 0.0597. The molecule has 0 radical (unpaired) electrons. The fourth-order valence-corrected chi connectivity index (χ4v) is 12.6. The molecule has 0 saturated carbocycles. The van der Waals surface area contributed by atoms with E-state index in [0.717, 1.165) is 61.9 Å². The SMILES string of the molecule is CC1(C)c2ccccc2-c2cc(N3c4ccccc4Oc4c3ccc3c4-c4ccccc4C34c3ccccc3-c3ccc(-c5ccccc5-c5nc(-c6ccccc6)nc(-c6ccccc6)n5)cc34)ccc21. The van der Waals surface area contributed by atoms with Gasteiger partial charge in [-0.15, -0.1) is 0 Å². The smallest absolute Gasteiger partial charge is 0.164 e. The Kier molecular flexibility index (Phi) is 8.56. The maximum absolute atomic E-state index is 7.27. The van der Waals surface area contributed by atoms with Gasteiger partial charge in [0.05, 0.1) is 16.8 Å². The minimum Gasteiger partial charge on any atom is -0.452 e. The van der Waals surface area contributed by atoms with Crippen molar-refractivity contribution in [1.82, 2.24) is 15.0 Å². The van der Waals surface area contributed by atoms with Gasteiger partial charge >= 0.3 is 0 Å². The summed E-state index contributed by atoms with van der Waals surface area (Å²) in [5, 5.41) is 0. The molecule has 0 saturated heterocycles. The molecule has 3 aliphatic carbocycles. The highest BCUT2D eigenvalue weighted by Gasteiger charge is 2.53. The monoisotopic (exact) mass is 920 g/mol. The lowest BCUT2D eigenvalue weighted by Gasteiger charge is -2.35. The van der Waals surface area contributed by atoms with E-state index in [9.17, 15) is 0 Å². The van der Waals surface area contributed by atoms with Gasteiger partial charge in [0, 0.05) is 33.4 Å². The number of nitrogens with zero attached hydrogens (tertiary/aromatic N) is 4. The van der Waals surface area contributed by atoms with Gasteiger partial charge in [0.25, 0.3) is 0 Å². The molecule has 338 valence electrons. The number of fused-ring (bicyclic) bond motifs is 16. The Morgan fingerprint density at radius 2 is 0.875 bits per heavy atom. The van der Waals surface area contributed by atoms with Gasteiger partial charge in [-0.3, -0.25) is 0 Å². The number of hydrogen-bond donors (Lipinski definition) is 0. The molecule has 0 bridgehead atoms. The molecular formula is C67H44N4O. The van der Waals surface area contributed by atoms with Crippen molar-refractivity contribution < 1.29 is 4.74 Å². The molecule has 5 heteroatoms. The molecule has 0 N–H and O–H groups in total. The highest BCUT2D eigenvalue weighted by molar-refractivity contribution is 6.02. The van der Waals surface area contributed by atoms with E-state index >= 15 is 0 Å². The largest absolute Gasteiger partial charge is 0.452 e. The summed E-state index contributed by atoms with van der Waals surface area (Å²) in [4.78, 5) is 17.8. The first-order chi connectivity index (χ1) is 35.5. The predicted molar refractivity (Wildman–Crippen MR) is 290 cm³/mol. The number of aromatic nitrogens is 3. The van der Waals surface area contributed by atoms with Crippen molar-refractivity contribution in [3.8, 4) is 90.2 Å². The third-order valence-corrected chi connectivity index (χ3v) is 15.7. The standard InChI is InChI=1S/C67H44N4O/c1-66(2)52-28-14-11-25-47(52)51-40-44(34-36-53(51)66)71-58-31-17-18-32-60(58)72-62-59(71)38-37-56-61(62)50-27-13-16-30-55(50)67(56)54-29-15-12-24-46(54)48-35-33-43(39-57(48)67)45-23-9-10-26-49(45)65-69-63(41-19-5-3-6-20-41)68-64(70-65)42-21-7-4-8-22-42/h3-40H,1-2H3. The van der Waals surface area contributed by atoms with Gasteiger partial charge in [-0.2, -0.15) is 0 Å². The quantitative estimate of drug-likeness (QED) is 0.172. The van der Waals surface area contributed by atoms with Crippen LogP contribution in [0.2, 0.25) is 0 Å². The van der Waals surface area contributed by atoms with E-state index in [-0.39, 0.29) is 5.41 Å². The fourth-order valence-electron chi connectivity index (χ4n) is 12.6. The van der Waals surface area contributed by atoms with Crippen molar-refractivity contribution in [2.24, 2.45) is 0 Å². The zero-order valence-electron chi connectivity index (χ0n) is 39.6. The second kappa shape index (κ2) is 15.2. The van der Waals surface area contributed by atoms with E-state index in [1.165, 1.54) is 61.2 Å². The summed E-state index contributed by atoms with van der Waals surface area (Å²) >= 11 is 0. The Morgan fingerprint density at radius 1 is 0.347 bits per heavy atom. The maximum Gasteiger partial charge on any atom is 0.164 e. The van der Waals surface area contributed by atoms with Gasteiger partial charge in [-0.1, -0.05) is 208 Å². The van der Waals surface area contributed by atoms with Crippen molar-refractivity contribution in [2.45, 2.75) is 24.7 Å². The molecule has 4 aliphatic rings. The first-order valence-electron chi connectivity index (χ1n) is 24.8. The third kappa shape index (κ3) is 5.62. The summed E-state index contributed by atoms with van der Waals surface area (Å²) in [6.45, 7) is 4.68. The summed E-state index contributed by atoms with van der Waals surface area (Å²) < 4.78 is 7.27. The molecule has 1 aromatic heterocycles. The summed E-state index contributed by atoms with van der Waals surface area (Å²) in [6, 6.07) is 83.0. The van der Waals surface area contributed by atoms with Gasteiger partial charge in [0.15, 0.2) is 29.0 Å². The number of hydrogen-bond acceptors (Lipinski definition) is 5. The molecule has 1 unspecified atom stereocenters. The lowest BCUT2D eigenvalue weighted by atomic mass is 9.70. The molecule has 2 heterocycles. The van der Waals surface area contributed by atoms with Crippen molar-refractivity contribution in [3.05, 3.63) is 264 Å². The average molecular weight is 921 g/mol. The molecule has 15 rings (SSSR count). The molecule has 5 nitrogen and oxygen atoms in total. The highest BCUT2D eigenvalue weighted by Crippen LogP contribution is 2.67. The third-order valence-electron chi connectivity index (χ3n) is 15.7. The number of benzene rings is 10. The molecule has 1 atom stereocenters. The summed E-state index contributed by atoms with van der Waals surface area (Å²) in [5.41, 5.74) is 22.3. The van der Waals surface area contributed by atoms with E-state index in [4.69, 9.17) is 19.7 Å². The summed E-state index contributed by atoms with van der Waals surface area (Å²) in [7, 11) is 0. The van der Waals surface area contributed by atoms with Crippen molar-refractivity contribution in [3.63, 3.8) is 0 Å². The van der Waals surface area contributed by atoms with Crippen LogP contribution < -0.4 is 9.64 Å². The van der Waals surface area contributed by atoms with Crippen LogP contribution in [0.15, 0.2) is 231 Å². The van der Waals surface area contributed by atoms with Crippen LogP contribution in [0.25, 0.3) is 78.7 Å². The number of para-hydroxylation sites is 2. The van der Waals surface area contributed by atoms with Crippen molar-refractivity contribution in [2.75, 3.05) is 4.90 Å². The van der Waals surface area contributed by atoms with Crippen LogP contribution in [-0.4, -0.2) is 15.0 Å². The van der Waals surface area contributed by atoms with Crippen LogP contribution in [0.4, 0.5) is 17.1 Å². The van der Waals surface area contributed by atoms with E-state index < -0.39 is 5.41 Å². The summed E-state index contributed by atoms with van der Waals surface area (Å²) in [5.74, 6) is 3.58. The molecule has 1 aliphatic heterocycles. The Labute approximate surface area is 418 Å². The van der Waals surface area contributed by atoms with E-state index in [2.05, 4.69) is 213 Å². The minimum absolute atomic E-state index is 0.0927. The van der Waals surface area contributed by atoms with Crippen LogP contribution in [0.1, 0.15) is 47.2 Å². The van der Waals surface area contributed by atoms with Gasteiger partial charge in [0.2, 0.25) is 0 Å². The van der Waals surface area contributed by atoms with Gasteiger partial charge in [-0.05, 0) is 109 Å². The highest BCUT2D eigenvalue weighted by atomic mass is 16.5. The van der Waals surface area contributed by atoms with E-state index in [1.807, 2.05) is 36.4 Å². The first kappa shape index (κ1) is 40.7. The van der Waals surface area contributed by atoms with E-state index in [0.29, 0.717) is 17.5 Å². The van der Waals surface area contributed by atoms with Crippen LogP contribution in [-0.2, 0) is 10.8 Å². The van der Waals surface area contributed by atoms with Crippen LogP contribution >= 0.6 is 0 Å². The number of ether oxygens (including phenoxy) is 1. The van der Waals surface area contributed by atoms with E-state index in [1.54, 1.807) is 0 Å². The number of rotatable bonds is 5. The zero-order valence-corrected chi connectivity index (χ0v) is 39.6. The topological polar surface area (TPSA) is 51.1 Å².